The molecule has 0 N–H and O–H groups in total. The van der Waals surface area contributed by atoms with Gasteiger partial charge in [0, 0.05) is 25.5 Å². The highest BCUT2D eigenvalue weighted by atomic mass is 32.1. The van der Waals surface area contributed by atoms with Crippen molar-refractivity contribution in [3.63, 3.8) is 0 Å². The van der Waals surface area contributed by atoms with Gasteiger partial charge in [-0.25, -0.2) is 4.98 Å². The van der Waals surface area contributed by atoms with E-state index in [-0.39, 0.29) is 0 Å². The van der Waals surface area contributed by atoms with Crippen LogP contribution in [-0.4, -0.2) is 44.1 Å². The minimum Gasteiger partial charge on any atom is -0.350 e. The predicted molar refractivity (Wildman–Crippen MR) is 58.7 cm³/mol. The zero-order valence-electron chi connectivity index (χ0n) is 8.74. The number of anilines is 1. The Balaban J connectivity index is 2.44. The lowest BCUT2D eigenvalue weighted by molar-refractivity contribution is 0.416. The van der Waals surface area contributed by atoms with Crippen molar-refractivity contribution in [1.29, 1.82) is 0 Å². The molecule has 0 aliphatic carbocycles. The quantitative estimate of drug-likeness (QED) is 0.731. The van der Waals surface area contributed by atoms with Crippen molar-refractivity contribution in [2.75, 3.05) is 39.1 Å². The summed E-state index contributed by atoms with van der Waals surface area (Å²) in [4.78, 5) is 8.78. The number of aromatic nitrogens is 1. The average Bonchev–Trinajstić information content (AvgIpc) is 2.47. The lowest BCUT2D eigenvalue weighted by Crippen LogP contribution is -2.28. The normalized spacial score (nSPS) is 10.8. The summed E-state index contributed by atoms with van der Waals surface area (Å²) >= 11 is 1.71. The molecule has 0 amide bonds. The monoisotopic (exact) mass is 199 g/mol. The molecule has 0 saturated carbocycles. The Kier molecular flexibility index (Phi) is 3.69. The molecule has 0 saturated heterocycles. The topological polar surface area (TPSA) is 19.4 Å². The molecule has 1 rings (SSSR count). The van der Waals surface area contributed by atoms with E-state index in [9.17, 15) is 0 Å². The molecular weight excluding hydrogens is 182 g/mol. The summed E-state index contributed by atoms with van der Waals surface area (Å²) < 4.78 is 0. The van der Waals surface area contributed by atoms with Crippen molar-refractivity contribution in [1.82, 2.24) is 9.88 Å². The van der Waals surface area contributed by atoms with Gasteiger partial charge in [0.25, 0.3) is 0 Å². The van der Waals surface area contributed by atoms with E-state index in [2.05, 4.69) is 41.3 Å². The number of hydrogen-bond donors (Lipinski definition) is 0. The summed E-state index contributed by atoms with van der Waals surface area (Å²) in [6, 6.07) is 0. The maximum atomic E-state index is 4.41. The molecule has 74 valence electrons. The van der Waals surface area contributed by atoms with Crippen LogP contribution in [-0.2, 0) is 0 Å². The molecule has 0 bridgehead atoms. The van der Waals surface area contributed by atoms with E-state index in [4.69, 9.17) is 0 Å². The highest BCUT2D eigenvalue weighted by molar-refractivity contribution is 7.13. The fraction of sp³-hybridized carbons (Fsp3) is 0.667. The Hall–Kier alpha value is -0.610. The average molecular weight is 199 g/mol. The van der Waals surface area contributed by atoms with E-state index in [0.29, 0.717) is 0 Å². The lowest BCUT2D eigenvalue weighted by Gasteiger charge is -2.18. The van der Waals surface area contributed by atoms with E-state index >= 15 is 0 Å². The van der Waals surface area contributed by atoms with E-state index < -0.39 is 0 Å². The van der Waals surface area contributed by atoms with E-state index in [0.717, 1.165) is 23.9 Å². The maximum Gasteiger partial charge on any atom is 0.185 e. The minimum atomic E-state index is 1.03. The summed E-state index contributed by atoms with van der Waals surface area (Å²) in [5, 5.41) is 3.20. The third-order valence-electron chi connectivity index (χ3n) is 1.82. The fourth-order valence-corrected chi connectivity index (χ4v) is 1.76. The van der Waals surface area contributed by atoms with Crippen LogP contribution < -0.4 is 4.90 Å². The van der Waals surface area contributed by atoms with E-state index in [1.807, 2.05) is 6.92 Å². The third kappa shape index (κ3) is 3.32. The van der Waals surface area contributed by atoms with Crippen LogP contribution >= 0.6 is 11.3 Å². The molecule has 0 aliphatic heterocycles. The number of nitrogens with zero attached hydrogens (tertiary/aromatic N) is 3. The Morgan fingerprint density at radius 2 is 2.00 bits per heavy atom. The highest BCUT2D eigenvalue weighted by Crippen LogP contribution is 2.17. The summed E-state index contributed by atoms with van der Waals surface area (Å²) in [5.41, 5.74) is 1.11. The first-order valence-electron chi connectivity index (χ1n) is 4.37. The van der Waals surface area contributed by atoms with Gasteiger partial charge < -0.3 is 9.80 Å². The molecule has 0 radical (unpaired) electrons. The summed E-state index contributed by atoms with van der Waals surface area (Å²) in [7, 11) is 6.25. The Labute approximate surface area is 84.0 Å². The van der Waals surface area contributed by atoms with Crippen molar-refractivity contribution in [2.45, 2.75) is 6.92 Å². The zero-order valence-corrected chi connectivity index (χ0v) is 9.56. The van der Waals surface area contributed by atoms with Crippen molar-refractivity contribution in [3.05, 3.63) is 11.1 Å². The molecule has 0 aromatic carbocycles. The lowest BCUT2D eigenvalue weighted by atomic mass is 10.5. The van der Waals surface area contributed by atoms with Crippen molar-refractivity contribution in [3.8, 4) is 0 Å². The minimum absolute atomic E-state index is 1.03. The molecule has 0 spiro atoms. The van der Waals surface area contributed by atoms with Gasteiger partial charge in [0.15, 0.2) is 5.13 Å². The van der Waals surface area contributed by atoms with E-state index in [1.54, 1.807) is 11.3 Å². The van der Waals surface area contributed by atoms with Crippen LogP contribution in [0.25, 0.3) is 0 Å². The summed E-state index contributed by atoms with van der Waals surface area (Å²) in [6.07, 6.45) is 0. The third-order valence-corrected chi connectivity index (χ3v) is 2.89. The van der Waals surface area contributed by atoms with Crippen LogP contribution in [0.3, 0.4) is 0 Å². The van der Waals surface area contributed by atoms with Gasteiger partial charge in [0.1, 0.15) is 0 Å². The Morgan fingerprint density at radius 3 is 2.46 bits per heavy atom. The smallest absolute Gasteiger partial charge is 0.185 e. The van der Waals surface area contributed by atoms with Crippen LogP contribution in [0.2, 0.25) is 0 Å². The van der Waals surface area contributed by atoms with Crippen molar-refractivity contribution >= 4 is 16.5 Å². The first-order chi connectivity index (χ1) is 6.09. The number of likely N-dealkylation sites (N-methyl/N-ethyl adjacent to an activating group) is 2. The zero-order chi connectivity index (χ0) is 9.84. The number of aryl methyl sites for hydroxylation is 1. The molecule has 4 heteroatoms. The molecule has 0 unspecified atom stereocenters. The van der Waals surface area contributed by atoms with E-state index in [1.165, 1.54) is 0 Å². The van der Waals surface area contributed by atoms with Crippen molar-refractivity contribution in [2.24, 2.45) is 0 Å². The molecule has 0 aliphatic rings. The van der Waals surface area contributed by atoms with Gasteiger partial charge in [0.2, 0.25) is 0 Å². The first-order valence-corrected chi connectivity index (χ1v) is 5.25. The van der Waals surface area contributed by atoms with Crippen LogP contribution in [0, 0.1) is 6.92 Å². The molecule has 1 aromatic heterocycles. The van der Waals surface area contributed by atoms with Gasteiger partial charge >= 0.3 is 0 Å². The molecule has 0 fully saturated rings. The van der Waals surface area contributed by atoms with Gasteiger partial charge in [-0.15, -0.1) is 11.3 Å². The molecule has 1 heterocycles. The van der Waals surface area contributed by atoms with Gasteiger partial charge in [-0.3, -0.25) is 0 Å². The second-order valence-corrected chi connectivity index (χ2v) is 4.33. The van der Waals surface area contributed by atoms with Gasteiger partial charge in [-0.05, 0) is 21.0 Å². The van der Waals surface area contributed by atoms with Gasteiger partial charge in [-0.2, -0.15) is 0 Å². The Morgan fingerprint density at radius 1 is 1.31 bits per heavy atom. The number of hydrogen-bond acceptors (Lipinski definition) is 4. The summed E-state index contributed by atoms with van der Waals surface area (Å²) in [5.74, 6) is 0. The molecule has 1 aromatic rings. The van der Waals surface area contributed by atoms with Crippen LogP contribution in [0.15, 0.2) is 5.38 Å². The predicted octanol–water partition coefficient (Wildman–Crippen LogP) is 1.45. The molecule has 3 nitrogen and oxygen atoms in total. The maximum absolute atomic E-state index is 4.41. The van der Waals surface area contributed by atoms with Crippen LogP contribution in [0.5, 0.6) is 0 Å². The molecule has 13 heavy (non-hydrogen) atoms. The summed E-state index contributed by atoms with van der Waals surface area (Å²) in [6.45, 7) is 4.12. The van der Waals surface area contributed by atoms with Gasteiger partial charge in [0.05, 0.1) is 5.69 Å². The fourth-order valence-electron chi connectivity index (χ4n) is 0.963. The van der Waals surface area contributed by atoms with Crippen LogP contribution in [0.4, 0.5) is 5.13 Å². The second-order valence-electron chi connectivity index (χ2n) is 3.50. The van der Waals surface area contributed by atoms with Crippen LogP contribution in [0.1, 0.15) is 5.69 Å². The molecule has 0 atom stereocenters. The number of thiazole rings is 1. The Bertz CT molecular complexity index is 257. The van der Waals surface area contributed by atoms with Crippen molar-refractivity contribution < 1.29 is 0 Å². The van der Waals surface area contributed by atoms with Gasteiger partial charge in [-0.1, -0.05) is 0 Å². The second kappa shape index (κ2) is 4.58. The largest absolute Gasteiger partial charge is 0.350 e. The highest BCUT2D eigenvalue weighted by Gasteiger charge is 2.04. The first kappa shape index (κ1) is 10.5. The standard InChI is InChI=1S/C9H17N3S/c1-8-7-13-9(10-8)12(4)6-5-11(2)3/h7H,5-6H2,1-4H3. The SMILES string of the molecule is Cc1csc(N(C)CCN(C)C)n1. The number of rotatable bonds is 4. The molecular formula is C9H17N3S.